The summed E-state index contributed by atoms with van der Waals surface area (Å²) in [6.45, 7) is 4.48. The van der Waals surface area contributed by atoms with Gasteiger partial charge in [0.1, 0.15) is 0 Å². The first-order chi connectivity index (χ1) is 10.1. The van der Waals surface area contributed by atoms with Gasteiger partial charge in [-0.25, -0.2) is 0 Å². The Morgan fingerprint density at radius 1 is 1.05 bits per heavy atom. The number of hydrogen-bond acceptors (Lipinski definition) is 5. The van der Waals surface area contributed by atoms with Crippen LogP contribution in [0, 0.1) is 0 Å². The highest BCUT2D eigenvalue weighted by Gasteiger charge is 2.25. The summed E-state index contributed by atoms with van der Waals surface area (Å²) in [5.41, 5.74) is 0. The molecule has 0 radical (unpaired) electrons. The fourth-order valence-corrected chi connectivity index (χ4v) is 6.93. The van der Waals surface area contributed by atoms with Gasteiger partial charge in [-0.2, -0.15) is 0 Å². The molecular weight excluding hydrogens is 323 g/mol. The van der Waals surface area contributed by atoms with Gasteiger partial charge in [0.2, 0.25) is 0 Å². The van der Waals surface area contributed by atoms with Crippen molar-refractivity contribution in [1.82, 2.24) is 0 Å². The molecule has 0 fully saturated rings. The highest BCUT2D eigenvalue weighted by atomic mass is 32.1. The van der Waals surface area contributed by atoms with Gasteiger partial charge in [0.25, 0.3) is 0 Å². The molecule has 0 spiro atoms. The number of hydrogen-bond donors (Lipinski definition) is 0. The average molecular weight is 340 g/mol. The van der Waals surface area contributed by atoms with Crippen LogP contribution in [-0.4, -0.2) is 13.2 Å². The molecule has 2 aromatic heterocycles. The van der Waals surface area contributed by atoms with Crippen LogP contribution in [0.4, 0.5) is 0 Å². The van der Waals surface area contributed by atoms with Crippen LogP contribution in [0.5, 0.6) is 0 Å². The minimum absolute atomic E-state index is 0.356. The summed E-state index contributed by atoms with van der Waals surface area (Å²) in [6.07, 6.45) is 0.356. The van der Waals surface area contributed by atoms with Gasteiger partial charge in [0.05, 0.1) is 24.1 Å². The quantitative estimate of drug-likeness (QED) is 0.525. The van der Waals surface area contributed by atoms with Gasteiger partial charge >= 0.3 is 7.60 Å². The Labute approximate surface area is 132 Å². The molecule has 0 unspecified atom stereocenters. The molecule has 2 heterocycles. The van der Waals surface area contributed by atoms with E-state index in [9.17, 15) is 4.57 Å². The third-order valence-corrected chi connectivity index (χ3v) is 7.76. The van der Waals surface area contributed by atoms with E-state index in [1.807, 2.05) is 13.8 Å². The molecule has 3 rings (SSSR count). The Morgan fingerprint density at radius 2 is 1.76 bits per heavy atom. The Hall–Kier alpha value is -0.710. The van der Waals surface area contributed by atoms with Crippen molar-refractivity contribution in [2.45, 2.75) is 20.0 Å². The Bertz CT molecular complexity index is 796. The molecule has 0 saturated heterocycles. The minimum Gasteiger partial charge on any atom is -0.309 e. The first-order valence-electron chi connectivity index (χ1n) is 6.93. The predicted molar refractivity (Wildman–Crippen MR) is 91.8 cm³/mol. The number of fused-ring (bicyclic) bond motifs is 3. The van der Waals surface area contributed by atoms with Crippen LogP contribution < -0.4 is 0 Å². The van der Waals surface area contributed by atoms with Crippen molar-refractivity contribution in [2.24, 2.45) is 0 Å². The first-order valence-corrected chi connectivity index (χ1v) is 10.3. The second kappa shape index (κ2) is 6.19. The summed E-state index contributed by atoms with van der Waals surface area (Å²) in [6, 6.07) is 10.5. The standard InChI is InChI=1S/C15H17O3PS2/c1-3-17-19(16,18-4-2)10-11-9-14-15(20-11)12-7-5-6-8-13(12)21-14/h5-9H,3-4,10H2,1-2H3. The zero-order valence-electron chi connectivity index (χ0n) is 12.0. The van der Waals surface area contributed by atoms with E-state index in [1.165, 1.54) is 19.5 Å². The van der Waals surface area contributed by atoms with Crippen LogP contribution in [0.3, 0.4) is 0 Å². The molecule has 0 aliphatic rings. The van der Waals surface area contributed by atoms with E-state index in [1.54, 1.807) is 22.7 Å². The van der Waals surface area contributed by atoms with Crippen molar-refractivity contribution in [3.05, 3.63) is 35.2 Å². The van der Waals surface area contributed by atoms with Crippen molar-refractivity contribution in [2.75, 3.05) is 13.2 Å². The summed E-state index contributed by atoms with van der Waals surface area (Å²) in [5, 5.41) is 1.27. The molecule has 6 heteroatoms. The molecule has 1 aromatic carbocycles. The normalized spacial score (nSPS) is 12.5. The first kappa shape index (κ1) is 15.2. The lowest BCUT2D eigenvalue weighted by Crippen LogP contribution is -1.97. The van der Waals surface area contributed by atoms with Gasteiger partial charge in [0.15, 0.2) is 0 Å². The summed E-state index contributed by atoms with van der Waals surface area (Å²) >= 11 is 3.46. The second-order valence-corrected chi connectivity index (χ2v) is 8.88. The fourth-order valence-electron chi connectivity index (χ4n) is 2.34. The summed E-state index contributed by atoms with van der Waals surface area (Å²) in [5.74, 6) is 0. The second-order valence-electron chi connectivity index (χ2n) is 4.61. The SMILES string of the molecule is CCOP(=O)(Cc1cc2sc3ccccc3c2s1)OCC. The maximum Gasteiger partial charge on any atom is 0.335 e. The van der Waals surface area contributed by atoms with Gasteiger partial charge in [-0.1, -0.05) is 18.2 Å². The number of benzene rings is 1. The van der Waals surface area contributed by atoms with Crippen LogP contribution >= 0.6 is 30.3 Å². The smallest absolute Gasteiger partial charge is 0.309 e. The lowest BCUT2D eigenvalue weighted by molar-refractivity contribution is 0.219. The Morgan fingerprint density at radius 3 is 2.48 bits per heavy atom. The van der Waals surface area contributed by atoms with E-state index in [-0.39, 0.29) is 0 Å². The topological polar surface area (TPSA) is 35.5 Å². The number of rotatable bonds is 6. The highest BCUT2D eigenvalue weighted by molar-refractivity contribution is 7.53. The molecule has 0 saturated carbocycles. The van der Waals surface area contributed by atoms with E-state index in [4.69, 9.17) is 9.05 Å². The molecule has 0 amide bonds. The van der Waals surface area contributed by atoms with Crippen molar-refractivity contribution in [3.8, 4) is 0 Å². The van der Waals surface area contributed by atoms with E-state index >= 15 is 0 Å². The maximum atomic E-state index is 12.6. The van der Waals surface area contributed by atoms with Crippen molar-refractivity contribution < 1.29 is 13.6 Å². The van der Waals surface area contributed by atoms with E-state index in [0.29, 0.717) is 19.4 Å². The fraction of sp³-hybridized carbons (Fsp3) is 0.333. The summed E-state index contributed by atoms with van der Waals surface area (Å²) < 4.78 is 27.2. The molecule has 21 heavy (non-hydrogen) atoms. The van der Waals surface area contributed by atoms with Gasteiger partial charge in [-0.3, -0.25) is 4.57 Å². The van der Waals surface area contributed by atoms with Gasteiger partial charge < -0.3 is 9.05 Å². The highest BCUT2D eigenvalue weighted by Crippen LogP contribution is 2.53. The van der Waals surface area contributed by atoms with E-state index in [0.717, 1.165) is 4.88 Å². The van der Waals surface area contributed by atoms with Crippen LogP contribution in [-0.2, 0) is 19.8 Å². The van der Waals surface area contributed by atoms with Gasteiger partial charge in [-0.15, -0.1) is 22.7 Å². The molecule has 3 aromatic rings. The number of thiophene rings is 2. The third-order valence-electron chi connectivity index (χ3n) is 3.10. The molecule has 0 aliphatic carbocycles. The zero-order chi connectivity index (χ0) is 14.9. The van der Waals surface area contributed by atoms with Gasteiger partial charge in [0, 0.05) is 19.7 Å². The van der Waals surface area contributed by atoms with Crippen LogP contribution in [0.15, 0.2) is 30.3 Å². The molecule has 0 aliphatic heterocycles. The Kier molecular flexibility index (Phi) is 4.48. The molecule has 112 valence electrons. The monoisotopic (exact) mass is 340 g/mol. The molecule has 3 nitrogen and oxygen atoms in total. The molecule has 0 bridgehead atoms. The molecule has 0 N–H and O–H groups in total. The Balaban J connectivity index is 1.95. The minimum atomic E-state index is -3.02. The summed E-state index contributed by atoms with van der Waals surface area (Å²) in [7, 11) is -3.02. The molecular formula is C15H17O3PS2. The van der Waals surface area contributed by atoms with Crippen molar-refractivity contribution in [1.29, 1.82) is 0 Å². The zero-order valence-corrected chi connectivity index (χ0v) is 14.5. The summed E-state index contributed by atoms with van der Waals surface area (Å²) in [4.78, 5) is 1.06. The van der Waals surface area contributed by atoms with E-state index < -0.39 is 7.60 Å². The maximum absolute atomic E-state index is 12.6. The predicted octanol–water partition coefficient (Wildman–Crippen LogP) is 5.88. The largest absolute Gasteiger partial charge is 0.335 e. The van der Waals surface area contributed by atoms with Crippen LogP contribution in [0.2, 0.25) is 0 Å². The van der Waals surface area contributed by atoms with Crippen molar-refractivity contribution in [3.63, 3.8) is 0 Å². The van der Waals surface area contributed by atoms with Crippen LogP contribution in [0.1, 0.15) is 18.7 Å². The third kappa shape index (κ3) is 3.08. The van der Waals surface area contributed by atoms with Crippen LogP contribution in [0.25, 0.3) is 19.5 Å². The lowest BCUT2D eigenvalue weighted by Gasteiger charge is -2.15. The van der Waals surface area contributed by atoms with Gasteiger partial charge in [-0.05, 0) is 26.0 Å². The lowest BCUT2D eigenvalue weighted by atomic mass is 10.2. The molecule has 0 atom stereocenters. The van der Waals surface area contributed by atoms with E-state index in [2.05, 4.69) is 30.3 Å². The van der Waals surface area contributed by atoms with Crippen molar-refractivity contribution >= 4 is 49.8 Å². The average Bonchev–Trinajstić information content (AvgIpc) is 2.95.